The predicted octanol–water partition coefficient (Wildman–Crippen LogP) is 6.84. The van der Waals surface area contributed by atoms with E-state index >= 15 is 0 Å². The van der Waals surface area contributed by atoms with E-state index in [1.54, 1.807) is 54.0 Å². The van der Waals surface area contributed by atoms with Crippen LogP contribution in [-0.2, 0) is 32.9 Å². The highest BCUT2D eigenvalue weighted by molar-refractivity contribution is 7.89. The van der Waals surface area contributed by atoms with E-state index in [1.807, 2.05) is 24.3 Å². The van der Waals surface area contributed by atoms with Gasteiger partial charge in [0.25, 0.3) is 0 Å². The van der Waals surface area contributed by atoms with Crippen LogP contribution in [-0.4, -0.2) is 123 Å². The first-order chi connectivity index (χ1) is 31.3. The summed E-state index contributed by atoms with van der Waals surface area (Å²) in [6.07, 6.45) is 1.54. The Kier molecular flexibility index (Phi) is 15.5. The quantitative estimate of drug-likeness (QED) is 0.106. The van der Waals surface area contributed by atoms with Gasteiger partial charge in [-0.15, -0.1) is 22.7 Å². The van der Waals surface area contributed by atoms with Gasteiger partial charge in [-0.05, 0) is 54.4 Å². The van der Waals surface area contributed by atoms with Crippen LogP contribution in [0.4, 0.5) is 10.3 Å². The Bertz CT molecular complexity index is 2730. The fourth-order valence-corrected chi connectivity index (χ4v) is 12.3. The van der Waals surface area contributed by atoms with Gasteiger partial charge in [0.15, 0.2) is 10.3 Å². The van der Waals surface area contributed by atoms with Gasteiger partial charge in [0.2, 0.25) is 20.0 Å². The summed E-state index contributed by atoms with van der Waals surface area (Å²) >= 11 is 3.19. The Hall–Kier alpha value is -5.44. The first kappa shape index (κ1) is 47.5. The summed E-state index contributed by atoms with van der Waals surface area (Å²) in [6.45, 7) is 5.96. The molecule has 0 N–H and O–H groups in total. The fraction of sp³-hybridized carbons (Fsp3) is 0.348. The zero-order valence-electron chi connectivity index (χ0n) is 37.3. The van der Waals surface area contributed by atoms with Crippen molar-refractivity contribution in [2.75, 3.05) is 97.7 Å². The molecule has 65 heavy (non-hydrogen) atoms. The monoisotopic (exact) mass is 962 g/mol. The van der Waals surface area contributed by atoms with Gasteiger partial charge in [0, 0.05) is 88.1 Å². The van der Waals surface area contributed by atoms with Gasteiger partial charge in [-0.2, -0.15) is 8.61 Å². The maximum Gasteiger partial charge on any atom is 0.246 e. The lowest BCUT2D eigenvalue weighted by atomic mass is 10.1. The number of methoxy groups -OCH3 is 5. The second-order valence-electron chi connectivity index (χ2n) is 15.2. The third-order valence-electron chi connectivity index (χ3n) is 11.1. The van der Waals surface area contributed by atoms with Crippen LogP contribution in [0.5, 0.6) is 28.7 Å². The number of ether oxygens (including phenoxy) is 5. The molecule has 4 aromatic carbocycles. The number of anilines is 2. The molecule has 346 valence electrons. The Balaban J connectivity index is 0.000000194. The number of nitrogens with zero attached hydrogens (tertiary/aromatic N) is 6. The summed E-state index contributed by atoms with van der Waals surface area (Å²) in [5, 5.41) is 5.99. The van der Waals surface area contributed by atoms with Gasteiger partial charge in [0.1, 0.15) is 38.5 Å². The second-order valence-corrected chi connectivity index (χ2v) is 20.7. The Morgan fingerprint density at radius 2 is 0.862 bits per heavy atom. The minimum atomic E-state index is -3.68. The van der Waals surface area contributed by atoms with Crippen molar-refractivity contribution in [1.29, 1.82) is 0 Å². The average Bonchev–Trinajstić information content (AvgIpc) is 4.02. The fourth-order valence-electron chi connectivity index (χ4n) is 7.41. The Labute approximate surface area is 389 Å². The van der Waals surface area contributed by atoms with Gasteiger partial charge in [0.05, 0.1) is 46.9 Å². The lowest BCUT2D eigenvalue weighted by Gasteiger charge is -2.34. The minimum Gasteiger partial charge on any atom is -0.497 e. The van der Waals surface area contributed by atoms with Crippen LogP contribution < -0.4 is 33.5 Å². The molecular weight excluding hydrogens is 909 g/mol. The molecule has 2 aliphatic heterocycles. The number of aryl methyl sites for hydroxylation is 1. The number of rotatable bonds is 15. The van der Waals surface area contributed by atoms with Crippen molar-refractivity contribution < 1.29 is 40.5 Å². The van der Waals surface area contributed by atoms with E-state index in [0.29, 0.717) is 63.9 Å². The third kappa shape index (κ3) is 11.3. The molecule has 2 saturated heterocycles. The molecule has 19 heteroatoms. The van der Waals surface area contributed by atoms with Crippen molar-refractivity contribution in [2.45, 2.75) is 29.6 Å². The van der Waals surface area contributed by atoms with Crippen LogP contribution in [0.25, 0.3) is 0 Å². The van der Waals surface area contributed by atoms with Crippen molar-refractivity contribution in [3.05, 3.63) is 124 Å². The highest BCUT2D eigenvalue weighted by Crippen LogP contribution is 2.34. The largest absolute Gasteiger partial charge is 0.497 e. The zero-order valence-corrected chi connectivity index (χ0v) is 40.6. The molecule has 2 aliphatic rings. The maximum absolute atomic E-state index is 13.2. The van der Waals surface area contributed by atoms with Crippen LogP contribution >= 0.6 is 22.7 Å². The molecule has 8 rings (SSSR count). The van der Waals surface area contributed by atoms with Crippen molar-refractivity contribution in [2.24, 2.45) is 0 Å². The summed E-state index contributed by atoms with van der Waals surface area (Å²) in [6, 6.07) is 26.0. The average molecular weight is 963 g/mol. The van der Waals surface area contributed by atoms with Crippen LogP contribution in [0.1, 0.15) is 28.1 Å². The van der Waals surface area contributed by atoms with E-state index < -0.39 is 20.0 Å². The van der Waals surface area contributed by atoms with Crippen molar-refractivity contribution in [3.63, 3.8) is 0 Å². The second kappa shape index (κ2) is 21.2. The Morgan fingerprint density at radius 1 is 0.492 bits per heavy atom. The highest BCUT2D eigenvalue weighted by atomic mass is 32.2. The molecule has 15 nitrogen and oxygen atoms in total. The highest BCUT2D eigenvalue weighted by Gasteiger charge is 2.33. The number of thiazole rings is 2. The molecule has 0 atom stereocenters. The van der Waals surface area contributed by atoms with Crippen LogP contribution in [0.2, 0.25) is 0 Å². The topological polar surface area (TPSA) is 153 Å². The summed E-state index contributed by atoms with van der Waals surface area (Å²) in [5.41, 5.74) is 5.67. The normalized spacial score (nSPS) is 14.9. The predicted molar refractivity (Wildman–Crippen MR) is 255 cm³/mol. The number of benzene rings is 4. The Morgan fingerprint density at radius 3 is 1.23 bits per heavy atom. The molecule has 4 heterocycles. The summed E-state index contributed by atoms with van der Waals surface area (Å²) < 4.78 is 82.1. The molecule has 0 spiro atoms. The lowest BCUT2D eigenvalue weighted by Crippen LogP contribution is -2.48. The molecular formula is C46H54N6O9S4. The zero-order chi connectivity index (χ0) is 46.1. The van der Waals surface area contributed by atoms with Crippen LogP contribution in [0.3, 0.4) is 0 Å². The minimum absolute atomic E-state index is 0.148. The number of hydrogen-bond donors (Lipinski definition) is 0. The van der Waals surface area contributed by atoms with Crippen molar-refractivity contribution >= 4 is 53.0 Å². The summed E-state index contributed by atoms with van der Waals surface area (Å²) in [7, 11) is 0.292. The van der Waals surface area contributed by atoms with Crippen LogP contribution in [0, 0.1) is 6.92 Å². The van der Waals surface area contributed by atoms with Gasteiger partial charge in [-0.3, -0.25) is 0 Å². The first-order valence-corrected chi connectivity index (χ1v) is 25.5. The summed E-state index contributed by atoms with van der Waals surface area (Å²) in [4.78, 5) is 14.2. The van der Waals surface area contributed by atoms with Crippen LogP contribution in [0.15, 0.2) is 105 Å². The SMILES string of the molecule is COc1ccc(Cc2csc(N3CCN(S(=O)(=O)c4ccc(OC)cc4OC)CC3)n2)cc1.COc1ccc(S(=O)(=O)N2CCN(c3nc(Cc4ccc(C)cc4)cs3)CC2)c(OC)c1. The number of aromatic nitrogens is 2. The summed E-state index contributed by atoms with van der Waals surface area (Å²) in [5.74, 6) is 2.49. The molecule has 0 radical (unpaired) electrons. The van der Waals surface area contributed by atoms with E-state index in [1.165, 1.54) is 60.3 Å². The van der Waals surface area contributed by atoms with E-state index in [-0.39, 0.29) is 21.3 Å². The molecule has 0 bridgehead atoms. The van der Waals surface area contributed by atoms with Gasteiger partial charge in [-0.1, -0.05) is 42.0 Å². The van der Waals surface area contributed by atoms with Gasteiger partial charge < -0.3 is 33.5 Å². The van der Waals surface area contributed by atoms with E-state index in [2.05, 4.69) is 51.7 Å². The maximum atomic E-state index is 13.2. The smallest absolute Gasteiger partial charge is 0.246 e. The van der Waals surface area contributed by atoms with E-state index in [0.717, 1.165) is 45.8 Å². The molecule has 0 amide bonds. The van der Waals surface area contributed by atoms with Gasteiger partial charge in [-0.25, -0.2) is 26.8 Å². The van der Waals surface area contributed by atoms with Gasteiger partial charge >= 0.3 is 0 Å². The molecule has 6 aromatic rings. The van der Waals surface area contributed by atoms with Crippen molar-refractivity contribution in [3.8, 4) is 28.7 Å². The standard InChI is InChI=1S/C23H27N3O5S2.C23H27N3O4S2/c1-29-19-6-4-17(5-7-19)14-18-16-32-23(24-18)25-10-12-26(13-11-25)33(27,28)22-9-8-20(30-2)15-21(22)31-3;1-17-4-6-18(7-5-17)14-19-16-31-23(24-19)25-10-12-26(13-11-25)32(27,28)22-9-8-20(29-2)15-21(22)30-3/h4-9,15-16H,10-14H2,1-3H3;4-9,15-16H,10-14H2,1-3H3. The molecule has 2 aromatic heterocycles. The third-order valence-corrected chi connectivity index (χ3v) is 16.9. The lowest BCUT2D eigenvalue weighted by molar-refractivity contribution is 0.369. The van der Waals surface area contributed by atoms with Crippen molar-refractivity contribution in [1.82, 2.24) is 18.6 Å². The van der Waals surface area contributed by atoms with E-state index in [4.69, 9.17) is 33.7 Å². The number of sulfonamides is 2. The van der Waals surface area contributed by atoms with E-state index in [9.17, 15) is 16.8 Å². The molecule has 0 saturated carbocycles. The molecule has 0 aliphatic carbocycles. The molecule has 2 fully saturated rings. The first-order valence-electron chi connectivity index (χ1n) is 20.9. The molecule has 0 unspecified atom stereocenters. The number of piperazine rings is 2. The number of hydrogen-bond acceptors (Lipinski definition) is 15.